The molecular weight excluding hydrogens is 412 g/mol. The molecule has 156 valence electrons. The SMILES string of the molecule is CC(C)(C)S(=O)(=O)c1ccc(N2CCC(C(=O)Nc3ccc(Cl)cn3)CC2)cn1. The molecular formula is C20H25ClN4O3S. The third-order valence-electron chi connectivity index (χ3n) is 5.01. The molecule has 29 heavy (non-hydrogen) atoms. The van der Waals surface area contributed by atoms with Crippen LogP contribution >= 0.6 is 11.6 Å². The second-order valence-corrected chi connectivity index (χ2v) is 11.2. The highest BCUT2D eigenvalue weighted by Gasteiger charge is 2.32. The monoisotopic (exact) mass is 436 g/mol. The van der Waals surface area contributed by atoms with Gasteiger partial charge in [-0.25, -0.2) is 18.4 Å². The summed E-state index contributed by atoms with van der Waals surface area (Å²) < 4.78 is 24.1. The van der Waals surface area contributed by atoms with Crippen LogP contribution in [0.1, 0.15) is 33.6 Å². The molecule has 1 aliphatic rings. The van der Waals surface area contributed by atoms with Crippen molar-refractivity contribution in [2.24, 2.45) is 5.92 Å². The van der Waals surface area contributed by atoms with Gasteiger partial charge >= 0.3 is 0 Å². The van der Waals surface area contributed by atoms with Gasteiger partial charge in [0.2, 0.25) is 5.91 Å². The number of amides is 1. The number of sulfone groups is 1. The van der Waals surface area contributed by atoms with Gasteiger partial charge in [-0.3, -0.25) is 4.79 Å². The van der Waals surface area contributed by atoms with Crippen molar-refractivity contribution in [3.63, 3.8) is 0 Å². The van der Waals surface area contributed by atoms with E-state index in [1.165, 1.54) is 6.20 Å². The molecule has 0 aromatic carbocycles. The highest BCUT2D eigenvalue weighted by atomic mass is 35.5. The van der Waals surface area contributed by atoms with Gasteiger partial charge in [0.1, 0.15) is 5.82 Å². The predicted molar refractivity (Wildman–Crippen MR) is 114 cm³/mol. The number of nitrogens with one attached hydrogen (secondary N) is 1. The molecule has 0 atom stereocenters. The van der Waals surface area contributed by atoms with Crippen LogP contribution in [0, 0.1) is 5.92 Å². The lowest BCUT2D eigenvalue weighted by Gasteiger charge is -2.32. The number of hydrogen-bond donors (Lipinski definition) is 1. The van der Waals surface area contributed by atoms with E-state index < -0.39 is 14.6 Å². The summed E-state index contributed by atoms with van der Waals surface area (Å²) in [6.45, 7) is 6.37. The van der Waals surface area contributed by atoms with Crippen LogP contribution in [-0.2, 0) is 14.6 Å². The molecule has 7 nitrogen and oxygen atoms in total. The van der Waals surface area contributed by atoms with E-state index in [1.807, 2.05) is 0 Å². The van der Waals surface area contributed by atoms with E-state index in [0.717, 1.165) is 5.69 Å². The third kappa shape index (κ3) is 4.87. The van der Waals surface area contributed by atoms with E-state index in [1.54, 1.807) is 51.2 Å². The van der Waals surface area contributed by atoms with Crippen molar-refractivity contribution >= 4 is 38.9 Å². The normalized spacial score (nSPS) is 15.9. The number of piperidine rings is 1. The first-order valence-electron chi connectivity index (χ1n) is 9.46. The molecule has 0 spiro atoms. The van der Waals surface area contributed by atoms with Crippen LogP contribution in [0.15, 0.2) is 41.7 Å². The number of carbonyl (C=O) groups excluding carboxylic acids is 1. The highest BCUT2D eigenvalue weighted by molar-refractivity contribution is 7.92. The van der Waals surface area contributed by atoms with Gasteiger partial charge in [0, 0.05) is 25.2 Å². The van der Waals surface area contributed by atoms with Gasteiger partial charge in [-0.1, -0.05) is 11.6 Å². The van der Waals surface area contributed by atoms with Crippen LogP contribution in [0.5, 0.6) is 0 Å². The minimum absolute atomic E-state index is 0.0517. The Bertz CT molecular complexity index is 962. The second-order valence-electron chi connectivity index (χ2n) is 8.08. The fraction of sp³-hybridized carbons (Fsp3) is 0.450. The Balaban J connectivity index is 1.59. The number of anilines is 2. The van der Waals surface area contributed by atoms with Crippen molar-refractivity contribution in [2.75, 3.05) is 23.3 Å². The van der Waals surface area contributed by atoms with Crippen molar-refractivity contribution in [3.05, 3.63) is 41.7 Å². The Morgan fingerprint density at radius 2 is 1.79 bits per heavy atom. The number of pyridine rings is 2. The van der Waals surface area contributed by atoms with Crippen molar-refractivity contribution in [2.45, 2.75) is 43.4 Å². The second kappa shape index (κ2) is 8.28. The minimum atomic E-state index is -3.47. The molecule has 0 aliphatic carbocycles. The van der Waals surface area contributed by atoms with Gasteiger partial charge < -0.3 is 10.2 Å². The summed E-state index contributed by atoms with van der Waals surface area (Å²) in [6, 6.07) is 6.70. The lowest BCUT2D eigenvalue weighted by atomic mass is 9.95. The van der Waals surface area contributed by atoms with Gasteiger partial charge in [-0.15, -0.1) is 0 Å². The zero-order valence-corrected chi connectivity index (χ0v) is 18.3. The van der Waals surface area contributed by atoms with Gasteiger partial charge in [-0.05, 0) is 57.9 Å². The fourth-order valence-electron chi connectivity index (χ4n) is 3.11. The first kappa shape index (κ1) is 21.5. The number of aromatic nitrogens is 2. The summed E-state index contributed by atoms with van der Waals surface area (Å²) >= 11 is 5.81. The molecule has 3 rings (SSSR count). The molecule has 1 amide bonds. The van der Waals surface area contributed by atoms with Crippen molar-refractivity contribution in [3.8, 4) is 0 Å². The van der Waals surface area contributed by atoms with Crippen LogP contribution in [0.3, 0.4) is 0 Å². The van der Waals surface area contributed by atoms with Crippen molar-refractivity contribution < 1.29 is 13.2 Å². The Morgan fingerprint density at radius 1 is 1.10 bits per heavy atom. The molecule has 0 unspecified atom stereocenters. The van der Waals surface area contributed by atoms with Crippen molar-refractivity contribution in [1.82, 2.24) is 9.97 Å². The predicted octanol–water partition coefficient (Wildman–Crippen LogP) is 3.56. The average molecular weight is 437 g/mol. The zero-order valence-electron chi connectivity index (χ0n) is 16.7. The number of carbonyl (C=O) groups is 1. The van der Waals surface area contributed by atoms with Gasteiger partial charge in [-0.2, -0.15) is 0 Å². The van der Waals surface area contributed by atoms with E-state index in [2.05, 4.69) is 20.2 Å². The van der Waals surface area contributed by atoms with Crippen LogP contribution in [0.25, 0.3) is 0 Å². The Hall–Kier alpha value is -2.19. The third-order valence-corrected chi connectivity index (χ3v) is 7.64. The molecule has 0 radical (unpaired) electrons. The molecule has 1 fully saturated rings. The maximum Gasteiger partial charge on any atom is 0.228 e. The quantitative estimate of drug-likeness (QED) is 0.787. The minimum Gasteiger partial charge on any atom is -0.370 e. The maximum absolute atomic E-state index is 12.5. The molecule has 2 aromatic rings. The van der Waals surface area contributed by atoms with Crippen molar-refractivity contribution in [1.29, 1.82) is 0 Å². The van der Waals surface area contributed by atoms with Crippen LogP contribution in [0.4, 0.5) is 11.5 Å². The summed E-state index contributed by atoms with van der Waals surface area (Å²) in [7, 11) is -3.47. The summed E-state index contributed by atoms with van der Waals surface area (Å²) in [5, 5.41) is 3.43. The fourth-order valence-corrected chi connectivity index (χ4v) is 4.29. The van der Waals surface area contributed by atoms with E-state index >= 15 is 0 Å². The van der Waals surface area contributed by atoms with Gasteiger partial charge in [0.05, 0.1) is 21.7 Å². The highest BCUT2D eigenvalue weighted by Crippen LogP contribution is 2.27. The molecule has 2 aromatic heterocycles. The molecule has 1 aliphatic heterocycles. The Labute approximate surface area is 176 Å². The number of hydrogen-bond acceptors (Lipinski definition) is 6. The molecule has 0 bridgehead atoms. The topological polar surface area (TPSA) is 92.3 Å². The largest absolute Gasteiger partial charge is 0.370 e. The smallest absolute Gasteiger partial charge is 0.228 e. The summed E-state index contributed by atoms with van der Waals surface area (Å²) in [4.78, 5) is 22.8. The zero-order chi connectivity index (χ0) is 21.2. The number of rotatable bonds is 4. The van der Waals surface area contributed by atoms with E-state index in [-0.39, 0.29) is 16.9 Å². The standard InChI is InChI=1S/C20H25ClN4O3S/c1-20(2,3)29(27,28)18-7-5-16(13-23-18)25-10-8-14(9-11-25)19(26)24-17-6-4-15(21)12-22-17/h4-7,12-14H,8-11H2,1-3H3,(H,22,24,26). The molecule has 1 saturated heterocycles. The molecule has 1 N–H and O–H groups in total. The van der Waals surface area contributed by atoms with Crippen LogP contribution < -0.4 is 10.2 Å². The Kier molecular flexibility index (Phi) is 6.14. The molecule has 9 heteroatoms. The molecule has 0 saturated carbocycles. The summed E-state index contributed by atoms with van der Waals surface area (Å²) in [5.74, 6) is 0.336. The summed E-state index contributed by atoms with van der Waals surface area (Å²) in [5.41, 5.74) is 0.857. The van der Waals surface area contributed by atoms with E-state index in [9.17, 15) is 13.2 Å². The Morgan fingerprint density at radius 3 is 2.31 bits per heavy atom. The molecule has 3 heterocycles. The first-order chi connectivity index (χ1) is 13.6. The van der Waals surface area contributed by atoms with Gasteiger partial charge in [0.25, 0.3) is 0 Å². The van der Waals surface area contributed by atoms with E-state index in [4.69, 9.17) is 11.6 Å². The van der Waals surface area contributed by atoms with Gasteiger partial charge in [0.15, 0.2) is 14.9 Å². The van der Waals surface area contributed by atoms with Crippen LogP contribution in [-0.4, -0.2) is 42.1 Å². The number of halogens is 1. The maximum atomic E-state index is 12.5. The van der Waals surface area contributed by atoms with Crippen LogP contribution in [0.2, 0.25) is 5.02 Å². The lowest BCUT2D eigenvalue weighted by Crippen LogP contribution is -2.38. The average Bonchev–Trinajstić information content (AvgIpc) is 2.69. The summed E-state index contributed by atoms with van der Waals surface area (Å²) in [6.07, 6.45) is 4.48. The lowest BCUT2D eigenvalue weighted by molar-refractivity contribution is -0.120. The number of nitrogens with zero attached hydrogens (tertiary/aromatic N) is 3. The first-order valence-corrected chi connectivity index (χ1v) is 11.3. The van der Waals surface area contributed by atoms with E-state index in [0.29, 0.717) is 36.8 Å².